The van der Waals surface area contributed by atoms with E-state index < -0.39 is 0 Å². The van der Waals surface area contributed by atoms with Crippen LogP contribution >= 0.6 is 0 Å². The fourth-order valence-electron chi connectivity index (χ4n) is 2.61. The van der Waals surface area contributed by atoms with Crippen LogP contribution in [-0.2, 0) is 4.79 Å². The predicted molar refractivity (Wildman–Crippen MR) is 92.7 cm³/mol. The van der Waals surface area contributed by atoms with E-state index in [1.165, 1.54) is 7.11 Å². The molecule has 0 bridgehead atoms. The highest BCUT2D eigenvalue weighted by atomic mass is 16.5. The second-order valence-electron chi connectivity index (χ2n) is 5.75. The zero-order chi connectivity index (χ0) is 18.4. The lowest BCUT2D eigenvalue weighted by Gasteiger charge is -2.17. The van der Waals surface area contributed by atoms with Crippen molar-refractivity contribution >= 4 is 5.91 Å². The van der Waals surface area contributed by atoms with Gasteiger partial charge in [0.15, 0.2) is 6.61 Å². The van der Waals surface area contributed by atoms with Crippen LogP contribution in [0.5, 0.6) is 23.3 Å². The molecular formula is C18H21N3O5. The molecule has 0 saturated carbocycles. The number of likely N-dealkylation sites (tertiary alicyclic amines) is 1. The summed E-state index contributed by atoms with van der Waals surface area (Å²) in [6.45, 7) is 1.11. The van der Waals surface area contributed by atoms with Crippen LogP contribution in [0.25, 0.3) is 0 Å². The number of hydrogen-bond donors (Lipinski definition) is 0. The zero-order valence-electron chi connectivity index (χ0n) is 14.8. The quantitative estimate of drug-likeness (QED) is 0.742. The first-order valence-electron chi connectivity index (χ1n) is 8.27. The van der Waals surface area contributed by atoms with Crippen LogP contribution in [0.1, 0.15) is 6.42 Å². The molecule has 1 aliphatic heterocycles. The molecule has 8 heteroatoms. The lowest BCUT2D eigenvalue weighted by atomic mass is 10.3. The van der Waals surface area contributed by atoms with Crippen LogP contribution in [-0.4, -0.2) is 61.0 Å². The largest absolute Gasteiger partial charge is 0.497 e. The van der Waals surface area contributed by atoms with Crippen LogP contribution in [0.4, 0.5) is 0 Å². The van der Waals surface area contributed by atoms with E-state index in [-0.39, 0.29) is 18.6 Å². The number of benzene rings is 1. The third kappa shape index (κ3) is 4.53. The van der Waals surface area contributed by atoms with Crippen molar-refractivity contribution in [2.45, 2.75) is 12.5 Å². The van der Waals surface area contributed by atoms with E-state index in [2.05, 4.69) is 10.2 Å². The Hall–Kier alpha value is -3.03. The Balaban J connectivity index is 1.45. The van der Waals surface area contributed by atoms with Gasteiger partial charge in [0.05, 0.1) is 20.8 Å². The van der Waals surface area contributed by atoms with E-state index in [0.717, 1.165) is 12.2 Å². The van der Waals surface area contributed by atoms with E-state index in [1.54, 1.807) is 48.4 Å². The molecule has 0 radical (unpaired) electrons. The number of ether oxygens (including phenoxy) is 4. The van der Waals surface area contributed by atoms with Gasteiger partial charge >= 0.3 is 0 Å². The Morgan fingerprint density at radius 2 is 1.73 bits per heavy atom. The van der Waals surface area contributed by atoms with E-state index in [4.69, 9.17) is 18.9 Å². The topological polar surface area (TPSA) is 83.0 Å². The normalized spacial score (nSPS) is 16.2. The highest BCUT2D eigenvalue weighted by Gasteiger charge is 2.28. The van der Waals surface area contributed by atoms with Gasteiger partial charge in [-0.15, -0.1) is 10.2 Å². The first-order valence-corrected chi connectivity index (χ1v) is 8.27. The van der Waals surface area contributed by atoms with Crippen LogP contribution < -0.4 is 18.9 Å². The van der Waals surface area contributed by atoms with Gasteiger partial charge in [-0.3, -0.25) is 4.79 Å². The van der Waals surface area contributed by atoms with Crippen molar-refractivity contribution in [3.05, 3.63) is 36.4 Å². The highest BCUT2D eigenvalue weighted by Crippen LogP contribution is 2.19. The van der Waals surface area contributed by atoms with E-state index in [9.17, 15) is 4.79 Å². The average Bonchev–Trinajstić information content (AvgIpc) is 3.15. The van der Waals surface area contributed by atoms with Crippen LogP contribution in [0, 0.1) is 0 Å². The van der Waals surface area contributed by atoms with Gasteiger partial charge in [0.2, 0.25) is 11.8 Å². The molecule has 1 aliphatic rings. The van der Waals surface area contributed by atoms with E-state index >= 15 is 0 Å². The van der Waals surface area contributed by atoms with E-state index in [0.29, 0.717) is 30.6 Å². The summed E-state index contributed by atoms with van der Waals surface area (Å²) in [5, 5.41) is 7.80. The van der Waals surface area contributed by atoms with Crippen molar-refractivity contribution in [3.8, 4) is 23.3 Å². The lowest BCUT2D eigenvalue weighted by molar-refractivity contribution is -0.132. The van der Waals surface area contributed by atoms with Gasteiger partial charge in [-0.05, 0) is 24.3 Å². The number of aromatic nitrogens is 2. The smallest absolute Gasteiger partial charge is 0.260 e. The first kappa shape index (κ1) is 17.8. The Bertz CT molecular complexity index is 721. The maximum Gasteiger partial charge on any atom is 0.260 e. The van der Waals surface area contributed by atoms with Crippen LogP contribution in [0.3, 0.4) is 0 Å². The van der Waals surface area contributed by atoms with Gasteiger partial charge in [-0.1, -0.05) is 0 Å². The molecule has 1 amide bonds. The highest BCUT2D eigenvalue weighted by molar-refractivity contribution is 5.78. The molecule has 0 spiro atoms. The molecule has 138 valence electrons. The number of carbonyl (C=O) groups excluding carboxylic acids is 1. The average molecular weight is 359 g/mol. The fraction of sp³-hybridized carbons (Fsp3) is 0.389. The van der Waals surface area contributed by atoms with Gasteiger partial charge in [-0.2, -0.15) is 0 Å². The predicted octanol–water partition coefficient (Wildman–Crippen LogP) is 1.55. The van der Waals surface area contributed by atoms with Crippen molar-refractivity contribution in [3.63, 3.8) is 0 Å². The monoisotopic (exact) mass is 359 g/mol. The zero-order valence-corrected chi connectivity index (χ0v) is 14.8. The molecule has 3 rings (SSSR count). The number of methoxy groups -OCH3 is 2. The summed E-state index contributed by atoms with van der Waals surface area (Å²) in [5.41, 5.74) is 0. The Labute approximate surface area is 151 Å². The minimum absolute atomic E-state index is 0.0125. The maximum absolute atomic E-state index is 12.3. The second-order valence-corrected chi connectivity index (χ2v) is 5.75. The minimum Gasteiger partial charge on any atom is -0.497 e. The molecule has 1 fully saturated rings. The van der Waals surface area contributed by atoms with Crippen LogP contribution in [0.15, 0.2) is 36.4 Å². The van der Waals surface area contributed by atoms with Gasteiger partial charge in [0.25, 0.3) is 5.91 Å². The summed E-state index contributed by atoms with van der Waals surface area (Å²) in [6, 6.07) is 10.5. The third-order valence-corrected chi connectivity index (χ3v) is 4.03. The molecule has 1 saturated heterocycles. The molecule has 26 heavy (non-hydrogen) atoms. The molecule has 2 heterocycles. The lowest BCUT2D eigenvalue weighted by Crippen LogP contribution is -2.34. The van der Waals surface area contributed by atoms with Crippen molar-refractivity contribution in [1.82, 2.24) is 15.1 Å². The van der Waals surface area contributed by atoms with Crippen molar-refractivity contribution in [2.24, 2.45) is 0 Å². The maximum atomic E-state index is 12.3. The number of rotatable bonds is 7. The summed E-state index contributed by atoms with van der Waals surface area (Å²) in [4.78, 5) is 14.0. The van der Waals surface area contributed by atoms with E-state index in [1.807, 2.05) is 0 Å². The second kappa shape index (κ2) is 8.37. The summed E-state index contributed by atoms with van der Waals surface area (Å²) in [5.74, 6) is 2.13. The fourth-order valence-corrected chi connectivity index (χ4v) is 2.61. The molecule has 1 aromatic carbocycles. The van der Waals surface area contributed by atoms with Crippen molar-refractivity contribution in [2.75, 3.05) is 33.9 Å². The summed E-state index contributed by atoms with van der Waals surface area (Å²) in [6.07, 6.45) is 0.629. The molecular weight excluding hydrogens is 338 g/mol. The first-order chi connectivity index (χ1) is 12.7. The SMILES string of the molecule is COc1ccc(OCC(=O)N2CCC(Oc3ccc(OC)nn3)C2)cc1. The standard InChI is InChI=1S/C18H21N3O5/c1-23-13-3-5-14(6-4-13)25-12-18(22)21-10-9-15(11-21)26-17-8-7-16(24-2)19-20-17/h3-8,15H,9-12H2,1-2H3. The van der Waals surface area contributed by atoms with Gasteiger partial charge < -0.3 is 23.8 Å². The molecule has 1 atom stereocenters. The Morgan fingerprint density at radius 3 is 2.38 bits per heavy atom. The Morgan fingerprint density at radius 1 is 1.04 bits per heavy atom. The summed E-state index contributed by atoms with van der Waals surface area (Å²) in [7, 11) is 3.13. The number of carbonyl (C=O) groups is 1. The third-order valence-electron chi connectivity index (χ3n) is 4.03. The summed E-state index contributed by atoms with van der Waals surface area (Å²) >= 11 is 0. The number of hydrogen-bond acceptors (Lipinski definition) is 7. The number of amides is 1. The molecule has 0 aliphatic carbocycles. The Kier molecular flexibility index (Phi) is 5.73. The van der Waals surface area contributed by atoms with Gasteiger partial charge in [0.1, 0.15) is 17.6 Å². The number of nitrogens with zero attached hydrogens (tertiary/aromatic N) is 3. The minimum atomic E-state index is -0.109. The molecule has 1 aromatic heterocycles. The molecule has 2 aromatic rings. The summed E-state index contributed by atoms with van der Waals surface area (Å²) < 4.78 is 21.4. The van der Waals surface area contributed by atoms with Crippen LogP contribution in [0.2, 0.25) is 0 Å². The molecule has 1 unspecified atom stereocenters. The van der Waals surface area contributed by atoms with Gasteiger partial charge in [0, 0.05) is 25.1 Å². The van der Waals surface area contributed by atoms with Crippen molar-refractivity contribution in [1.29, 1.82) is 0 Å². The molecule has 8 nitrogen and oxygen atoms in total. The molecule has 0 N–H and O–H groups in total. The van der Waals surface area contributed by atoms with Crippen molar-refractivity contribution < 1.29 is 23.7 Å². The van der Waals surface area contributed by atoms with Gasteiger partial charge in [-0.25, -0.2) is 0 Å².